The lowest BCUT2D eigenvalue weighted by atomic mass is 10.1. The van der Waals surface area contributed by atoms with Gasteiger partial charge in [-0.15, -0.1) is 0 Å². The summed E-state index contributed by atoms with van der Waals surface area (Å²) in [4.78, 5) is 18.3. The topological polar surface area (TPSA) is 33.2 Å². The van der Waals surface area contributed by atoms with Gasteiger partial charge in [0.15, 0.2) is 0 Å². The molecule has 2 heterocycles. The first-order valence-electron chi connectivity index (χ1n) is 6.29. The van der Waals surface area contributed by atoms with Crippen LogP contribution in [-0.2, 0) is 6.42 Å². The molecule has 20 heavy (non-hydrogen) atoms. The molecule has 0 unspecified atom stereocenters. The van der Waals surface area contributed by atoms with Gasteiger partial charge in [0, 0.05) is 22.9 Å². The second-order valence-corrected chi connectivity index (χ2v) is 5.23. The van der Waals surface area contributed by atoms with Crippen molar-refractivity contribution in [3.63, 3.8) is 0 Å². The predicted octanol–water partition coefficient (Wildman–Crippen LogP) is 3.39. The largest absolute Gasteiger partial charge is 0.306 e. The van der Waals surface area contributed by atoms with Gasteiger partial charge in [0.2, 0.25) is 0 Å². The number of amides is 1. The molecule has 0 atom stereocenters. The first-order valence-corrected chi connectivity index (χ1v) is 6.67. The van der Waals surface area contributed by atoms with Gasteiger partial charge in [-0.3, -0.25) is 4.79 Å². The van der Waals surface area contributed by atoms with E-state index in [0.717, 1.165) is 11.3 Å². The van der Waals surface area contributed by atoms with Crippen molar-refractivity contribution in [2.24, 2.45) is 0 Å². The molecule has 3 rings (SSSR count). The van der Waals surface area contributed by atoms with E-state index in [1.54, 1.807) is 30.0 Å². The number of carbonyl (C=O) groups is 1. The number of hydrogen-bond acceptors (Lipinski definition) is 2. The van der Waals surface area contributed by atoms with Crippen LogP contribution in [0.25, 0.3) is 0 Å². The lowest BCUT2D eigenvalue weighted by Crippen LogP contribution is -2.29. The van der Waals surface area contributed by atoms with E-state index in [1.807, 2.05) is 0 Å². The minimum Gasteiger partial charge on any atom is -0.306 e. The van der Waals surface area contributed by atoms with Crippen LogP contribution in [0.3, 0.4) is 0 Å². The van der Waals surface area contributed by atoms with E-state index in [0.29, 0.717) is 29.4 Å². The van der Waals surface area contributed by atoms with Crippen LogP contribution < -0.4 is 4.90 Å². The minimum atomic E-state index is -0.283. The number of fused-ring (bicyclic) bond motifs is 1. The molecule has 0 N–H and O–H groups in total. The molecule has 0 aliphatic carbocycles. The molecule has 1 aliphatic rings. The van der Waals surface area contributed by atoms with Crippen molar-refractivity contribution in [3.8, 4) is 0 Å². The van der Waals surface area contributed by atoms with E-state index in [9.17, 15) is 9.18 Å². The molecule has 0 bridgehead atoms. The standard InChI is InChI=1S/C15H12ClFN2O/c1-9-6-11(16)8-13(18-9)15(20)19-5-4-10-7-12(17)2-3-14(10)19/h2-3,6-8H,4-5H2,1H3. The first kappa shape index (κ1) is 13.1. The number of benzene rings is 1. The van der Waals surface area contributed by atoms with Gasteiger partial charge in [0.05, 0.1) is 0 Å². The zero-order valence-electron chi connectivity index (χ0n) is 10.9. The Kier molecular flexibility index (Phi) is 3.18. The van der Waals surface area contributed by atoms with Crippen LogP contribution in [0.4, 0.5) is 10.1 Å². The van der Waals surface area contributed by atoms with Crippen LogP contribution in [0.5, 0.6) is 0 Å². The number of rotatable bonds is 1. The maximum atomic E-state index is 13.2. The summed E-state index contributed by atoms with van der Waals surface area (Å²) in [5, 5.41) is 0.486. The number of nitrogens with zero attached hydrogens (tertiary/aromatic N) is 2. The average Bonchev–Trinajstić information content (AvgIpc) is 2.79. The number of anilines is 1. The fraction of sp³-hybridized carbons (Fsp3) is 0.200. The van der Waals surface area contributed by atoms with Crippen molar-refractivity contribution in [3.05, 3.63) is 58.1 Å². The molecule has 0 radical (unpaired) electrons. The smallest absolute Gasteiger partial charge is 0.276 e. The Morgan fingerprint density at radius 1 is 1.35 bits per heavy atom. The Morgan fingerprint density at radius 3 is 2.90 bits per heavy atom. The normalized spacial score (nSPS) is 13.4. The Balaban J connectivity index is 1.97. The first-order chi connectivity index (χ1) is 9.54. The molecule has 5 heteroatoms. The SMILES string of the molecule is Cc1cc(Cl)cc(C(=O)N2CCc3cc(F)ccc32)n1. The number of pyridine rings is 1. The van der Waals surface area contributed by atoms with Gasteiger partial charge >= 0.3 is 0 Å². The molecular formula is C15H12ClFN2O. The third-order valence-electron chi connectivity index (χ3n) is 3.32. The number of aromatic nitrogens is 1. The number of carbonyl (C=O) groups excluding carboxylic acids is 1. The highest BCUT2D eigenvalue weighted by Gasteiger charge is 2.26. The van der Waals surface area contributed by atoms with Gasteiger partial charge in [-0.25, -0.2) is 9.37 Å². The molecule has 1 aromatic heterocycles. The Labute approximate surface area is 121 Å². The van der Waals surface area contributed by atoms with Gasteiger partial charge in [-0.05, 0) is 49.2 Å². The van der Waals surface area contributed by atoms with E-state index >= 15 is 0 Å². The van der Waals surface area contributed by atoms with Crippen LogP contribution in [0.2, 0.25) is 5.02 Å². The van der Waals surface area contributed by atoms with Crippen LogP contribution in [0.15, 0.2) is 30.3 Å². The molecule has 3 nitrogen and oxygen atoms in total. The molecular weight excluding hydrogens is 279 g/mol. The summed E-state index contributed by atoms with van der Waals surface area (Å²) in [6.45, 7) is 2.32. The Bertz CT molecular complexity index is 682. The van der Waals surface area contributed by atoms with Gasteiger partial charge < -0.3 is 4.90 Å². The highest BCUT2D eigenvalue weighted by molar-refractivity contribution is 6.31. The van der Waals surface area contributed by atoms with Crippen molar-refractivity contribution < 1.29 is 9.18 Å². The lowest BCUT2D eigenvalue weighted by Gasteiger charge is -2.17. The summed E-state index contributed by atoms with van der Waals surface area (Å²) in [5.41, 5.74) is 2.60. The van der Waals surface area contributed by atoms with Gasteiger partial charge in [0.1, 0.15) is 11.5 Å². The highest BCUT2D eigenvalue weighted by Crippen LogP contribution is 2.29. The molecule has 0 fully saturated rings. The fourth-order valence-electron chi connectivity index (χ4n) is 2.46. The summed E-state index contributed by atoms with van der Waals surface area (Å²) in [6.07, 6.45) is 0.651. The van der Waals surface area contributed by atoms with Crippen molar-refractivity contribution >= 4 is 23.2 Å². The Morgan fingerprint density at radius 2 is 2.15 bits per heavy atom. The maximum Gasteiger partial charge on any atom is 0.276 e. The zero-order chi connectivity index (χ0) is 14.3. The van der Waals surface area contributed by atoms with Gasteiger partial charge in [0.25, 0.3) is 5.91 Å². The van der Waals surface area contributed by atoms with E-state index in [-0.39, 0.29) is 11.7 Å². The summed E-state index contributed by atoms with van der Waals surface area (Å²) in [5.74, 6) is -0.490. The van der Waals surface area contributed by atoms with Crippen molar-refractivity contribution in [2.75, 3.05) is 11.4 Å². The zero-order valence-corrected chi connectivity index (χ0v) is 11.6. The molecule has 1 aliphatic heterocycles. The maximum absolute atomic E-state index is 13.2. The van der Waals surface area contributed by atoms with Crippen LogP contribution in [0, 0.1) is 12.7 Å². The molecule has 102 valence electrons. The summed E-state index contributed by atoms with van der Waals surface area (Å²) < 4.78 is 13.2. The van der Waals surface area contributed by atoms with Crippen LogP contribution in [0.1, 0.15) is 21.7 Å². The molecule has 0 saturated carbocycles. The van der Waals surface area contributed by atoms with Crippen molar-refractivity contribution in [2.45, 2.75) is 13.3 Å². The summed E-state index contributed by atoms with van der Waals surface area (Å²) in [6, 6.07) is 7.72. The quantitative estimate of drug-likeness (QED) is 0.806. The molecule has 0 saturated heterocycles. The second-order valence-electron chi connectivity index (χ2n) is 4.79. The van der Waals surface area contributed by atoms with Crippen LogP contribution in [-0.4, -0.2) is 17.4 Å². The summed E-state index contributed by atoms with van der Waals surface area (Å²) >= 11 is 5.96. The fourth-order valence-corrected chi connectivity index (χ4v) is 2.72. The van der Waals surface area contributed by atoms with Crippen LogP contribution >= 0.6 is 11.6 Å². The van der Waals surface area contributed by atoms with Gasteiger partial charge in [-0.2, -0.15) is 0 Å². The summed E-state index contributed by atoms with van der Waals surface area (Å²) in [7, 11) is 0. The van der Waals surface area contributed by atoms with Crippen molar-refractivity contribution in [1.82, 2.24) is 4.98 Å². The number of aryl methyl sites for hydroxylation is 1. The average molecular weight is 291 g/mol. The van der Waals surface area contributed by atoms with E-state index in [2.05, 4.69) is 4.98 Å². The number of hydrogen-bond donors (Lipinski definition) is 0. The minimum absolute atomic E-state index is 0.207. The second kappa shape index (κ2) is 4.87. The molecule has 0 spiro atoms. The predicted molar refractivity (Wildman–Crippen MR) is 75.8 cm³/mol. The van der Waals surface area contributed by atoms with E-state index in [1.165, 1.54) is 12.1 Å². The molecule has 1 aromatic carbocycles. The number of halogens is 2. The van der Waals surface area contributed by atoms with Gasteiger partial charge in [-0.1, -0.05) is 11.6 Å². The molecule has 2 aromatic rings. The Hall–Kier alpha value is -1.94. The van der Waals surface area contributed by atoms with Crippen molar-refractivity contribution in [1.29, 1.82) is 0 Å². The third-order valence-corrected chi connectivity index (χ3v) is 3.54. The van der Waals surface area contributed by atoms with E-state index < -0.39 is 0 Å². The monoisotopic (exact) mass is 290 g/mol. The van der Waals surface area contributed by atoms with E-state index in [4.69, 9.17) is 11.6 Å². The third kappa shape index (κ3) is 2.27. The molecule has 1 amide bonds. The lowest BCUT2D eigenvalue weighted by molar-refractivity contribution is 0.0984. The highest BCUT2D eigenvalue weighted by atomic mass is 35.5.